The van der Waals surface area contributed by atoms with Crippen molar-refractivity contribution in [2.45, 2.75) is 57.1 Å². The zero-order valence-corrected chi connectivity index (χ0v) is 16.4. The van der Waals surface area contributed by atoms with Crippen LogP contribution >= 0.6 is 11.8 Å². The predicted octanol–water partition coefficient (Wildman–Crippen LogP) is 3.77. The van der Waals surface area contributed by atoms with E-state index in [0.717, 1.165) is 49.9 Å². The fourth-order valence-corrected chi connectivity index (χ4v) is 4.29. The van der Waals surface area contributed by atoms with Crippen LogP contribution in [0.4, 0.5) is 0 Å². The van der Waals surface area contributed by atoms with Crippen molar-refractivity contribution in [1.82, 2.24) is 19.7 Å². The number of likely N-dealkylation sites (tertiary alicyclic amines) is 1. The summed E-state index contributed by atoms with van der Waals surface area (Å²) in [6, 6.07) is 10.3. The lowest BCUT2D eigenvalue weighted by molar-refractivity contribution is -0.128. The van der Waals surface area contributed by atoms with E-state index < -0.39 is 0 Å². The number of carbonyl (C=O) groups is 1. The number of nitrogens with zero attached hydrogens (tertiary/aromatic N) is 4. The van der Waals surface area contributed by atoms with Gasteiger partial charge in [0.1, 0.15) is 5.82 Å². The molecule has 1 amide bonds. The Balaban J connectivity index is 1.59. The quantitative estimate of drug-likeness (QED) is 0.724. The molecule has 2 heterocycles. The molecule has 0 saturated carbocycles. The Labute approximate surface area is 160 Å². The second-order valence-electron chi connectivity index (χ2n) is 6.74. The first kappa shape index (κ1) is 19.0. The van der Waals surface area contributed by atoms with Crippen molar-refractivity contribution in [2.24, 2.45) is 0 Å². The topological polar surface area (TPSA) is 51.0 Å². The minimum absolute atomic E-state index is 0.229. The first-order valence-electron chi connectivity index (χ1n) is 9.64. The second-order valence-corrected chi connectivity index (χ2v) is 7.69. The highest BCUT2D eigenvalue weighted by Crippen LogP contribution is 2.20. The molecule has 2 aromatic rings. The van der Waals surface area contributed by atoms with E-state index in [4.69, 9.17) is 0 Å². The summed E-state index contributed by atoms with van der Waals surface area (Å²) in [5.41, 5.74) is 1.22. The van der Waals surface area contributed by atoms with Crippen LogP contribution in [0.5, 0.6) is 0 Å². The summed E-state index contributed by atoms with van der Waals surface area (Å²) in [7, 11) is 0. The van der Waals surface area contributed by atoms with Crippen LogP contribution in [0.15, 0.2) is 35.5 Å². The maximum Gasteiger partial charge on any atom is 0.233 e. The molecule has 6 heteroatoms. The van der Waals surface area contributed by atoms with Gasteiger partial charge in [-0.15, -0.1) is 10.2 Å². The molecule has 5 nitrogen and oxygen atoms in total. The van der Waals surface area contributed by atoms with Crippen LogP contribution in [0.1, 0.15) is 50.4 Å². The number of rotatable bonds is 6. The third-order valence-electron chi connectivity index (χ3n) is 4.85. The van der Waals surface area contributed by atoms with E-state index in [1.807, 2.05) is 23.1 Å². The number of hydrogen-bond acceptors (Lipinski definition) is 4. The van der Waals surface area contributed by atoms with E-state index in [1.54, 1.807) is 0 Å². The van der Waals surface area contributed by atoms with Gasteiger partial charge in [0.05, 0.1) is 5.75 Å². The average molecular weight is 373 g/mol. The van der Waals surface area contributed by atoms with Gasteiger partial charge in [-0.1, -0.05) is 61.4 Å². The fraction of sp³-hybridized carbons (Fsp3) is 0.550. The Morgan fingerprint density at radius 2 is 1.73 bits per heavy atom. The summed E-state index contributed by atoms with van der Waals surface area (Å²) in [4.78, 5) is 14.6. The van der Waals surface area contributed by atoms with Crippen LogP contribution < -0.4 is 0 Å². The van der Waals surface area contributed by atoms with Crippen molar-refractivity contribution in [2.75, 3.05) is 18.8 Å². The van der Waals surface area contributed by atoms with E-state index in [0.29, 0.717) is 5.75 Å². The molecule has 1 saturated heterocycles. The van der Waals surface area contributed by atoms with Gasteiger partial charge in [0, 0.05) is 26.1 Å². The van der Waals surface area contributed by atoms with Crippen LogP contribution in [0.25, 0.3) is 0 Å². The van der Waals surface area contributed by atoms with Crippen molar-refractivity contribution in [3.63, 3.8) is 0 Å². The summed E-state index contributed by atoms with van der Waals surface area (Å²) in [5, 5.41) is 9.55. The molecule has 1 aromatic heterocycles. The van der Waals surface area contributed by atoms with Gasteiger partial charge in [0.2, 0.25) is 5.91 Å². The molecule has 0 atom stereocenters. The van der Waals surface area contributed by atoms with Gasteiger partial charge >= 0.3 is 0 Å². The Morgan fingerprint density at radius 1 is 1.04 bits per heavy atom. The molecule has 0 aliphatic carbocycles. The minimum Gasteiger partial charge on any atom is -0.342 e. The SMILES string of the molecule is CCn1c(Cc2ccccc2)nnc1SCC(=O)N1CCCCCCC1. The van der Waals surface area contributed by atoms with Crippen molar-refractivity contribution in [3.05, 3.63) is 41.7 Å². The Bertz CT molecular complexity index is 693. The third kappa shape index (κ3) is 5.10. The predicted molar refractivity (Wildman–Crippen MR) is 105 cm³/mol. The van der Waals surface area contributed by atoms with E-state index in [-0.39, 0.29) is 5.91 Å². The van der Waals surface area contributed by atoms with Gasteiger partial charge in [-0.3, -0.25) is 4.79 Å². The largest absolute Gasteiger partial charge is 0.342 e. The van der Waals surface area contributed by atoms with Gasteiger partial charge in [0.25, 0.3) is 0 Å². The smallest absolute Gasteiger partial charge is 0.233 e. The van der Waals surface area contributed by atoms with E-state index >= 15 is 0 Å². The summed E-state index contributed by atoms with van der Waals surface area (Å²) in [5.74, 6) is 1.63. The molecule has 3 rings (SSSR count). The number of thioether (sulfide) groups is 1. The van der Waals surface area contributed by atoms with Crippen molar-refractivity contribution < 1.29 is 4.79 Å². The fourth-order valence-electron chi connectivity index (χ4n) is 3.37. The molecule has 140 valence electrons. The molecule has 0 N–H and O–H groups in total. The maximum absolute atomic E-state index is 12.6. The van der Waals surface area contributed by atoms with Crippen molar-refractivity contribution >= 4 is 17.7 Å². The molecular weight excluding hydrogens is 344 g/mol. The van der Waals surface area contributed by atoms with Gasteiger partial charge in [-0.25, -0.2) is 0 Å². The standard InChI is InChI=1S/C20H28N4OS/c1-2-24-18(15-17-11-7-6-8-12-17)21-22-20(24)26-16-19(25)23-13-9-4-3-5-10-14-23/h6-8,11-12H,2-5,9-10,13-16H2,1H3. The number of hydrogen-bond donors (Lipinski definition) is 0. The highest BCUT2D eigenvalue weighted by molar-refractivity contribution is 7.99. The Kier molecular flexibility index (Phi) is 7.12. The second kappa shape index (κ2) is 9.76. The Morgan fingerprint density at radius 3 is 2.42 bits per heavy atom. The van der Waals surface area contributed by atoms with Gasteiger partial charge in [-0.05, 0) is 25.3 Å². The molecule has 26 heavy (non-hydrogen) atoms. The van der Waals surface area contributed by atoms with Crippen molar-refractivity contribution in [3.8, 4) is 0 Å². The Hall–Kier alpha value is -1.82. The normalized spacial score (nSPS) is 15.5. The van der Waals surface area contributed by atoms with E-state index in [1.165, 1.54) is 36.6 Å². The number of amides is 1. The highest BCUT2D eigenvalue weighted by Gasteiger charge is 2.18. The summed E-state index contributed by atoms with van der Waals surface area (Å²) in [6.45, 7) is 4.72. The maximum atomic E-state index is 12.6. The molecule has 1 aliphatic heterocycles. The minimum atomic E-state index is 0.229. The van der Waals surface area contributed by atoms with Gasteiger partial charge in [-0.2, -0.15) is 0 Å². The molecule has 1 aromatic carbocycles. The highest BCUT2D eigenvalue weighted by atomic mass is 32.2. The molecule has 0 spiro atoms. The monoisotopic (exact) mass is 372 g/mol. The number of benzene rings is 1. The summed E-state index contributed by atoms with van der Waals surface area (Å²) >= 11 is 1.51. The molecule has 1 aliphatic rings. The molecule has 0 bridgehead atoms. The first-order valence-corrected chi connectivity index (χ1v) is 10.6. The van der Waals surface area contributed by atoms with E-state index in [2.05, 4.69) is 33.8 Å². The van der Waals surface area contributed by atoms with Crippen LogP contribution in [0.2, 0.25) is 0 Å². The van der Waals surface area contributed by atoms with Gasteiger partial charge < -0.3 is 9.47 Å². The van der Waals surface area contributed by atoms with Crippen LogP contribution in [-0.4, -0.2) is 44.4 Å². The molecule has 1 fully saturated rings. The average Bonchev–Trinajstić information content (AvgIpc) is 3.02. The van der Waals surface area contributed by atoms with Crippen LogP contribution in [0.3, 0.4) is 0 Å². The summed E-state index contributed by atoms with van der Waals surface area (Å²) < 4.78 is 2.12. The molecule has 0 radical (unpaired) electrons. The molecular formula is C20H28N4OS. The zero-order chi connectivity index (χ0) is 18.2. The summed E-state index contributed by atoms with van der Waals surface area (Å²) in [6.07, 6.45) is 6.81. The van der Waals surface area contributed by atoms with Crippen LogP contribution in [-0.2, 0) is 17.8 Å². The van der Waals surface area contributed by atoms with Crippen LogP contribution in [0, 0.1) is 0 Å². The van der Waals surface area contributed by atoms with E-state index in [9.17, 15) is 4.79 Å². The number of aromatic nitrogens is 3. The molecule has 0 unspecified atom stereocenters. The lowest BCUT2D eigenvalue weighted by Gasteiger charge is -2.24. The lowest BCUT2D eigenvalue weighted by atomic mass is 10.1. The third-order valence-corrected chi connectivity index (χ3v) is 5.80. The first-order chi connectivity index (χ1) is 12.8. The number of carbonyl (C=O) groups excluding carboxylic acids is 1. The lowest BCUT2D eigenvalue weighted by Crippen LogP contribution is -2.35. The van der Waals surface area contributed by atoms with Crippen molar-refractivity contribution in [1.29, 1.82) is 0 Å². The van der Waals surface area contributed by atoms with Gasteiger partial charge in [0.15, 0.2) is 5.16 Å². The zero-order valence-electron chi connectivity index (χ0n) is 15.6.